The Labute approximate surface area is 223 Å². The molecular formula is C25H29F2N11O. The van der Waals surface area contributed by atoms with Crippen LogP contribution in [0.2, 0.25) is 0 Å². The van der Waals surface area contributed by atoms with Gasteiger partial charge in [-0.25, -0.2) is 23.7 Å². The van der Waals surface area contributed by atoms with Gasteiger partial charge in [0.2, 0.25) is 23.8 Å². The van der Waals surface area contributed by atoms with Crippen molar-refractivity contribution in [2.24, 2.45) is 0 Å². The van der Waals surface area contributed by atoms with Crippen molar-refractivity contribution >= 4 is 34.6 Å². The summed E-state index contributed by atoms with van der Waals surface area (Å²) in [7, 11) is 2.12. The molecule has 2 N–H and O–H groups in total. The number of fused-ring (bicyclic) bond motifs is 1. The number of nitrogens with one attached hydrogen (secondary N) is 2. The van der Waals surface area contributed by atoms with E-state index < -0.39 is 12.2 Å². The number of piperidine rings is 1. The Hall–Kier alpha value is -4.04. The molecule has 2 aliphatic heterocycles. The first-order valence-corrected chi connectivity index (χ1v) is 12.9. The van der Waals surface area contributed by atoms with E-state index >= 15 is 0 Å². The van der Waals surface area contributed by atoms with Crippen molar-refractivity contribution in [1.29, 1.82) is 0 Å². The van der Waals surface area contributed by atoms with E-state index in [0.717, 1.165) is 25.9 Å². The van der Waals surface area contributed by atoms with Gasteiger partial charge in [0.05, 0.1) is 42.3 Å². The van der Waals surface area contributed by atoms with Gasteiger partial charge in [-0.3, -0.25) is 4.57 Å². The fourth-order valence-corrected chi connectivity index (χ4v) is 4.75. The minimum Gasteiger partial charge on any atom is -0.378 e. The first-order valence-electron chi connectivity index (χ1n) is 12.9. The lowest BCUT2D eigenvalue weighted by Crippen LogP contribution is -2.37. The Morgan fingerprint density at radius 3 is 2.36 bits per heavy atom. The maximum absolute atomic E-state index is 14.1. The number of ether oxygens (including phenoxy) is 1. The van der Waals surface area contributed by atoms with Gasteiger partial charge in [0.1, 0.15) is 0 Å². The molecule has 0 spiro atoms. The topological polar surface area (TPSA) is 122 Å². The summed E-state index contributed by atoms with van der Waals surface area (Å²) in [4.78, 5) is 30.9. The highest BCUT2D eigenvalue weighted by atomic mass is 19.3. The fraction of sp³-hybridized carbons (Fsp3) is 0.440. The molecule has 0 saturated carbocycles. The van der Waals surface area contributed by atoms with Crippen LogP contribution in [0.3, 0.4) is 0 Å². The molecular weight excluding hydrogens is 508 g/mol. The number of aromatic nitrogens is 7. The fourth-order valence-electron chi connectivity index (χ4n) is 4.75. The SMILES string of the molecule is CN1CCC(Nc2ncc(Nc3nc(N4CCOCC4)nc(-n4c(C(F)F)nc5ccccc54)n3)cn2)CC1. The van der Waals surface area contributed by atoms with Crippen LogP contribution >= 0.6 is 0 Å². The Morgan fingerprint density at radius 2 is 1.62 bits per heavy atom. The number of halogens is 2. The molecule has 0 unspecified atom stereocenters. The predicted molar refractivity (Wildman–Crippen MR) is 142 cm³/mol. The third-order valence-electron chi connectivity index (χ3n) is 6.85. The number of likely N-dealkylation sites (tertiary alicyclic amines) is 1. The summed E-state index contributed by atoms with van der Waals surface area (Å²) in [6.45, 7) is 4.22. The second-order valence-corrected chi connectivity index (χ2v) is 9.60. The van der Waals surface area contributed by atoms with E-state index in [-0.39, 0.29) is 11.9 Å². The molecule has 0 amide bonds. The van der Waals surface area contributed by atoms with Gasteiger partial charge in [-0.15, -0.1) is 0 Å². The molecule has 0 atom stereocenters. The quantitative estimate of drug-likeness (QED) is 0.362. The zero-order valence-electron chi connectivity index (χ0n) is 21.5. The van der Waals surface area contributed by atoms with E-state index in [2.05, 4.69) is 52.5 Å². The molecule has 6 rings (SSSR count). The number of morpholine rings is 1. The van der Waals surface area contributed by atoms with E-state index in [1.54, 1.807) is 36.7 Å². The summed E-state index contributed by atoms with van der Waals surface area (Å²) in [5, 5.41) is 6.51. The van der Waals surface area contributed by atoms with Crippen LogP contribution in [-0.2, 0) is 4.74 Å². The Bertz CT molecular complexity index is 1420. The molecule has 1 aromatic carbocycles. The monoisotopic (exact) mass is 537 g/mol. The molecule has 2 aliphatic rings. The van der Waals surface area contributed by atoms with Gasteiger partial charge in [0.15, 0.2) is 5.82 Å². The number of benzene rings is 1. The van der Waals surface area contributed by atoms with E-state index in [9.17, 15) is 8.78 Å². The highest BCUT2D eigenvalue weighted by Crippen LogP contribution is 2.28. The molecule has 39 heavy (non-hydrogen) atoms. The molecule has 2 saturated heterocycles. The van der Waals surface area contributed by atoms with Crippen molar-refractivity contribution in [2.45, 2.75) is 25.3 Å². The van der Waals surface area contributed by atoms with Crippen LogP contribution in [0.4, 0.5) is 32.3 Å². The maximum atomic E-state index is 14.1. The summed E-state index contributed by atoms with van der Waals surface area (Å²) < 4.78 is 34.9. The minimum absolute atomic E-state index is 0.0412. The number of imidazole rings is 1. The minimum atomic E-state index is -2.82. The van der Waals surface area contributed by atoms with Crippen LogP contribution in [0.25, 0.3) is 17.0 Å². The third kappa shape index (κ3) is 5.56. The van der Waals surface area contributed by atoms with Crippen molar-refractivity contribution in [3.8, 4) is 5.95 Å². The second-order valence-electron chi connectivity index (χ2n) is 9.60. The molecule has 14 heteroatoms. The number of para-hydroxylation sites is 2. The van der Waals surface area contributed by atoms with E-state index in [4.69, 9.17) is 4.74 Å². The van der Waals surface area contributed by atoms with Crippen LogP contribution in [0.1, 0.15) is 25.1 Å². The average Bonchev–Trinajstić information content (AvgIpc) is 3.36. The predicted octanol–water partition coefficient (Wildman–Crippen LogP) is 3.02. The number of hydrogen-bond acceptors (Lipinski definition) is 11. The molecule has 0 aliphatic carbocycles. The summed E-state index contributed by atoms with van der Waals surface area (Å²) in [5.41, 5.74) is 1.46. The Balaban J connectivity index is 1.31. The van der Waals surface area contributed by atoms with E-state index in [0.29, 0.717) is 61.0 Å². The molecule has 5 heterocycles. The molecule has 2 fully saturated rings. The van der Waals surface area contributed by atoms with Gasteiger partial charge in [-0.2, -0.15) is 15.0 Å². The van der Waals surface area contributed by atoms with Crippen LogP contribution in [0, 0.1) is 0 Å². The number of rotatable bonds is 7. The van der Waals surface area contributed by atoms with Crippen molar-refractivity contribution < 1.29 is 13.5 Å². The lowest BCUT2D eigenvalue weighted by molar-refractivity contribution is 0.122. The largest absolute Gasteiger partial charge is 0.378 e. The summed E-state index contributed by atoms with van der Waals surface area (Å²) >= 11 is 0. The molecule has 3 aromatic heterocycles. The zero-order valence-corrected chi connectivity index (χ0v) is 21.5. The lowest BCUT2D eigenvalue weighted by Gasteiger charge is -2.29. The molecule has 12 nitrogen and oxygen atoms in total. The normalized spacial score (nSPS) is 17.2. The van der Waals surface area contributed by atoms with Crippen molar-refractivity contribution in [3.63, 3.8) is 0 Å². The lowest BCUT2D eigenvalue weighted by atomic mass is 10.1. The van der Waals surface area contributed by atoms with Crippen molar-refractivity contribution in [2.75, 3.05) is 62.0 Å². The van der Waals surface area contributed by atoms with Gasteiger partial charge in [-0.1, -0.05) is 12.1 Å². The summed E-state index contributed by atoms with van der Waals surface area (Å²) in [6, 6.07) is 7.23. The zero-order chi connectivity index (χ0) is 26.8. The van der Waals surface area contributed by atoms with Gasteiger partial charge in [0, 0.05) is 19.1 Å². The van der Waals surface area contributed by atoms with Crippen LogP contribution < -0.4 is 15.5 Å². The van der Waals surface area contributed by atoms with Crippen molar-refractivity contribution in [3.05, 3.63) is 42.5 Å². The second kappa shape index (κ2) is 11.0. The Kier molecular flexibility index (Phi) is 7.11. The van der Waals surface area contributed by atoms with Crippen LogP contribution in [0.15, 0.2) is 36.7 Å². The molecule has 4 aromatic rings. The number of hydrogen-bond donors (Lipinski definition) is 2. The van der Waals surface area contributed by atoms with E-state index in [1.165, 1.54) is 4.57 Å². The summed E-state index contributed by atoms with van der Waals surface area (Å²) in [5.74, 6) is 0.685. The van der Waals surface area contributed by atoms with E-state index in [1.807, 2.05) is 4.90 Å². The first-order chi connectivity index (χ1) is 19.0. The van der Waals surface area contributed by atoms with Gasteiger partial charge in [0.25, 0.3) is 6.43 Å². The number of nitrogens with zero attached hydrogens (tertiary/aromatic N) is 9. The average molecular weight is 538 g/mol. The number of anilines is 4. The molecule has 0 radical (unpaired) electrons. The van der Waals surface area contributed by atoms with Gasteiger partial charge in [-0.05, 0) is 45.1 Å². The van der Waals surface area contributed by atoms with Crippen LogP contribution in [-0.4, -0.2) is 91.9 Å². The standard InChI is InChI=1S/C25H29F2N11O/c1-36-8-6-16(7-9-36)30-22-28-14-17(15-29-22)31-23-33-24(37-10-12-39-13-11-37)35-25(34-23)38-19-5-3-2-4-18(19)32-21(38)20(26)27/h2-5,14-16,20H,6-13H2,1H3,(H,28,29,30)(H,31,33,34,35). The highest BCUT2D eigenvalue weighted by Gasteiger charge is 2.24. The molecule has 204 valence electrons. The van der Waals surface area contributed by atoms with Gasteiger partial charge >= 0.3 is 0 Å². The van der Waals surface area contributed by atoms with Crippen LogP contribution in [0.5, 0.6) is 0 Å². The van der Waals surface area contributed by atoms with Crippen molar-refractivity contribution in [1.82, 2.24) is 39.4 Å². The first kappa shape index (κ1) is 25.2. The van der Waals surface area contributed by atoms with Gasteiger partial charge < -0.3 is 25.2 Å². The summed E-state index contributed by atoms with van der Waals surface area (Å²) in [6.07, 6.45) is 2.51. The Morgan fingerprint density at radius 1 is 0.897 bits per heavy atom. The third-order valence-corrected chi connectivity index (χ3v) is 6.85. The smallest absolute Gasteiger partial charge is 0.296 e. The molecule has 0 bridgehead atoms. The maximum Gasteiger partial charge on any atom is 0.296 e. The number of alkyl halides is 2. The highest BCUT2D eigenvalue weighted by molar-refractivity contribution is 5.77.